The highest BCUT2D eigenvalue weighted by molar-refractivity contribution is 7.88. The largest absolute Gasteiger partial charge is 0.465 e. The Hall–Kier alpha value is -0.850. The van der Waals surface area contributed by atoms with Crippen molar-refractivity contribution in [2.45, 2.75) is 42.5 Å². The normalized spacial score (nSPS) is 42.5. The molecule has 1 saturated heterocycles. The number of alkyl halides is 2. The van der Waals surface area contributed by atoms with E-state index in [2.05, 4.69) is 4.74 Å². The van der Waals surface area contributed by atoms with E-state index in [0.717, 1.165) is 0 Å². The highest BCUT2D eigenvalue weighted by atomic mass is 32.2. The van der Waals surface area contributed by atoms with Gasteiger partial charge < -0.3 is 4.74 Å². The summed E-state index contributed by atoms with van der Waals surface area (Å²) >= 11 is 0. The number of fused-ring (bicyclic) bond motifs is 1. The maximum Gasteiger partial charge on any atom is 0.465 e. The van der Waals surface area contributed by atoms with E-state index in [4.69, 9.17) is 8.74 Å². The van der Waals surface area contributed by atoms with Crippen molar-refractivity contribution in [2.24, 2.45) is 11.3 Å². The number of carbonyl (C=O) groups excluding carboxylic acids is 1. The summed E-state index contributed by atoms with van der Waals surface area (Å²) in [6.07, 6.45) is -1.50. The van der Waals surface area contributed by atoms with Gasteiger partial charge in [0.15, 0.2) is 0 Å². The Labute approximate surface area is 124 Å². The minimum Gasteiger partial charge on any atom is -0.455 e. The van der Waals surface area contributed by atoms with Gasteiger partial charge in [0.1, 0.15) is 11.4 Å². The summed E-state index contributed by atoms with van der Waals surface area (Å²) < 4.78 is 89.3. The van der Waals surface area contributed by atoms with E-state index in [-0.39, 0.29) is 6.42 Å². The zero-order valence-corrected chi connectivity index (χ0v) is 12.7. The third-order valence-electron chi connectivity index (χ3n) is 4.73. The van der Waals surface area contributed by atoms with E-state index in [9.17, 15) is 30.4 Å². The zero-order valence-electron chi connectivity index (χ0n) is 11.1. The van der Waals surface area contributed by atoms with Crippen molar-refractivity contribution in [3.8, 4) is 0 Å². The van der Waals surface area contributed by atoms with E-state index in [1.807, 2.05) is 0 Å². The van der Waals surface area contributed by atoms with E-state index in [1.54, 1.807) is 6.92 Å². The van der Waals surface area contributed by atoms with Crippen LogP contribution in [0.15, 0.2) is 0 Å². The van der Waals surface area contributed by atoms with Gasteiger partial charge in [-0.05, 0) is 12.8 Å². The van der Waals surface area contributed by atoms with Gasteiger partial charge in [-0.3, -0.25) is 8.74 Å². The molecule has 2 bridgehead atoms. The average molecular weight is 362 g/mol. The molecule has 3 fully saturated rings. The number of carbonyl (C=O) groups is 1. The number of hydrogen-bond acceptors (Lipinski definition) is 7. The molecular weight excluding hydrogens is 350 g/mol. The van der Waals surface area contributed by atoms with Crippen LogP contribution in [0.5, 0.6) is 0 Å². The maximum absolute atomic E-state index is 13.3. The number of ether oxygens (including phenoxy) is 1. The molecule has 0 aromatic carbocycles. The fourth-order valence-electron chi connectivity index (χ4n) is 3.82. The van der Waals surface area contributed by atoms with Crippen molar-refractivity contribution in [1.82, 2.24) is 0 Å². The third kappa shape index (κ3) is 1.87. The Morgan fingerprint density at radius 1 is 1.45 bits per heavy atom. The quantitative estimate of drug-likeness (QED) is 0.419. The van der Waals surface area contributed by atoms with Crippen LogP contribution < -0.4 is 0 Å². The van der Waals surface area contributed by atoms with Gasteiger partial charge in [-0.25, -0.2) is 4.79 Å². The van der Waals surface area contributed by atoms with Gasteiger partial charge in [0.2, 0.25) is 0 Å². The van der Waals surface area contributed by atoms with Crippen LogP contribution >= 0.6 is 0 Å². The van der Waals surface area contributed by atoms with Crippen LogP contribution in [0.4, 0.5) is 8.78 Å². The predicted octanol–water partition coefficient (Wildman–Crippen LogP) is -0.0941. The second-order valence-corrected chi connectivity index (χ2v) is 9.21. The van der Waals surface area contributed by atoms with Gasteiger partial charge >= 0.3 is 21.3 Å². The van der Waals surface area contributed by atoms with Crippen LogP contribution in [0.1, 0.15) is 19.8 Å². The molecule has 1 aliphatic heterocycles. The zero-order chi connectivity index (χ0) is 16.7. The molecular formula is C10H12F2O8S2. The first-order valence-corrected chi connectivity index (χ1v) is 9.20. The Morgan fingerprint density at radius 2 is 2.05 bits per heavy atom. The molecule has 22 heavy (non-hydrogen) atoms. The van der Waals surface area contributed by atoms with Crippen molar-refractivity contribution in [2.75, 3.05) is 0 Å². The Balaban J connectivity index is 1.91. The molecule has 126 valence electrons. The summed E-state index contributed by atoms with van der Waals surface area (Å²) in [5.41, 5.74) is -0.859. The Kier molecular flexibility index (Phi) is 3.03. The van der Waals surface area contributed by atoms with Crippen LogP contribution in [0.3, 0.4) is 0 Å². The molecule has 0 spiro atoms. The van der Waals surface area contributed by atoms with Gasteiger partial charge in [0.05, 0.1) is 6.10 Å². The molecule has 0 amide bonds. The van der Waals surface area contributed by atoms with Crippen LogP contribution in [0.25, 0.3) is 0 Å². The fourth-order valence-corrected chi connectivity index (χ4v) is 6.33. The number of esters is 1. The second-order valence-electron chi connectivity index (χ2n) is 6.07. The number of rotatable bonds is 3. The molecule has 0 radical (unpaired) electrons. The summed E-state index contributed by atoms with van der Waals surface area (Å²) in [5, 5.41) is -6.47. The molecule has 12 heteroatoms. The molecule has 1 N–H and O–H groups in total. The first-order chi connectivity index (χ1) is 9.81. The first-order valence-electron chi connectivity index (χ1n) is 6.29. The van der Waals surface area contributed by atoms with E-state index in [1.165, 1.54) is 0 Å². The van der Waals surface area contributed by atoms with Gasteiger partial charge in [-0.15, -0.1) is 0 Å². The van der Waals surface area contributed by atoms with Crippen molar-refractivity contribution >= 4 is 26.2 Å². The molecule has 5 atom stereocenters. The maximum atomic E-state index is 13.3. The molecule has 8 nitrogen and oxygen atoms in total. The second kappa shape index (κ2) is 4.16. The van der Waals surface area contributed by atoms with E-state index in [0.29, 0.717) is 6.42 Å². The molecule has 0 aromatic rings. The van der Waals surface area contributed by atoms with Crippen molar-refractivity contribution in [1.29, 1.82) is 0 Å². The summed E-state index contributed by atoms with van der Waals surface area (Å²) in [6, 6.07) is 0. The van der Waals surface area contributed by atoms with Gasteiger partial charge in [0, 0.05) is 11.3 Å². The van der Waals surface area contributed by atoms with Gasteiger partial charge in [0.25, 0.3) is 10.1 Å². The van der Waals surface area contributed by atoms with Crippen LogP contribution in [-0.2, 0) is 34.0 Å². The van der Waals surface area contributed by atoms with Crippen molar-refractivity contribution in [3.05, 3.63) is 0 Å². The Bertz CT molecular complexity index is 745. The van der Waals surface area contributed by atoms with Crippen molar-refractivity contribution < 1.29 is 43.9 Å². The molecule has 3 rings (SSSR count). The molecule has 2 saturated carbocycles. The van der Waals surface area contributed by atoms with Crippen LogP contribution in [-0.4, -0.2) is 50.1 Å². The van der Waals surface area contributed by atoms with Gasteiger partial charge in [-0.1, -0.05) is 6.92 Å². The summed E-state index contributed by atoms with van der Waals surface area (Å²) in [5.74, 6) is -3.01. The minimum atomic E-state index is -6.00. The molecule has 1 heterocycles. The minimum absolute atomic E-state index is 0.210. The molecule has 5 unspecified atom stereocenters. The average Bonchev–Trinajstić information content (AvgIpc) is 2.79. The lowest BCUT2D eigenvalue weighted by Gasteiger charge is -2.30. The van der Waals surface area contributed by atoms with Crippen LogP contribution in [0, 0.1) is 11.3 Å². The summed E-state index contributed by atoms with van der Waals surface area (Å²) in [6.45, 7) is 1.60. The fraction of sp³-hybridized carbons (Fsp3) is 0.900. The topological polar surface area (TPSA) is 124 Å². The SMILES string of the molecule is CC12CC3CC1OS(=O)(=O)C2C3OC(=O)C(F)(F)S(=O)(=O)O. The highest BCUT2D eigenvalue weighted by Gasteiger charge is 2.73. The van der Waals surface area contributed by atoms with Gasteiger partial charge in [-0.2, -0.15) is 25.6 Å². The standard InChI is InChI=1S/C10H12F2O8S2/c1-9-3-4-2-5(9)20-21(14,15)7(9)6(4)19-8(13)10(11,12)22(16,17)18/h4-7H,2-3H2,1H3,(H,16,17,18). The van der Waals surface area contributed by atoms with Crippen LogP contribution in [0.2, 0.25) is 0 Å². The predicted molar refractivity (Wildman–Crippen MR) is 64.8 cm³/mol. The third-order valence-corrected chi connectivity index (χ3v) is 7.48. The summed E-state index contributed by atoms with van der Waals surface area (Å²) in [7, 11) is -10.1. The smallest absolute Gasteiger partial charge is 0.455 e. The van der Waals surface area contributed by atoms with E-state index >= 15 is 0 Å². The number of halogens is 2. The Morgan fingerprint density at radius 3 is 2.59 bits per heavy atom. The lowest BCUT2D eigenvalue weighted by molar-refractivity contribution is -0.169. The molecule has 0 aromatic heterocycles. The molecule has 2 aliphatic carbocycles. The van der Waals surface area contributed by atoms with Crippen molar-refractivity contribution in [3.63, 3.8) is 0 Å². The number of hydrogen-bond donors (Lipinski definition) is 1. The summed E-state index contributed by atoms with van der Waals surface area (Å²) in [4.78, 5) is 11.4. The highest BCUT2D eigenvalue weighted by Crippen LogP contribution is 2.63. The van der Waals surface area contributed by atoms with E-state index < -0.39 is 60.3 Å². The lowest BCUT2D eigenvalue weighted by Crippen LogP contribution is -2.48. The monoisotopic (exact) mass is 362 g/mol. The lowest BCUT2D eigenvalue weighted by atomic mass is 9.82. The first kappa shape index (κ1) is 16.0. The molecule has 3 aliphatic rings.